The molecular formula is C16H17FN2O2S. The highest BCUT2D eigenvalue weighted by Crippen LogP contribution is 2.29. The summed E-state index contributed by atoms with van der Waals surface area (Å²) in [4.78, 5) is 11.8. The van der Waals surface area contributed by atoms with E-state index in [-0.39, 0.29) is 5.82 Å². The van der Waals surface area contributed by atoms with Gasteiger partial charge in [0.25, 0.3) is 0 Å². The van der Waals surface area contributed by atoms with E-state index in [9.17, 15) is 9.18 Å². The van der Waals surface area contributed by atoms with E-state index >= 15 is 0 Å². The van der Waals surface area contributed by atoms with Crippen molar-refractivity contribution >= 4 is 17.7 Å². The van der Waals surface area contributed by atoms with E-state index in [1.165, 1.54) is 17.8 Å². The topological polar surface area (TPSA) is 64.3 Å². The molecular weight excluding hydrogens is 303 g/mol. The summed E-state index contributed by atoms with van der Waals surface area (Å²) in [6, 6.07) is 9.64. The molecule has 4 nitrogen and oxygen atoms in total. The van der Waals surface area contributed by atoms with Gasteiger partial charge in [-0.15, -0.1) is 11.8 Å². The Bertz CT molecular complexity index is 692. The third-order valence-electron chi connectivity index (χ3n) is 3.06. The van der Waals surface area contributed by atoms with Crippen LogP contribution in [-0.2, 0) is 6.54 Å². The largest absolute Gasteiger partial charge is 0.457 e. The van der Waals surface area contributed by atoms with E-state index in [2.05, 4.69) is 5.32 Å². The van der Waals surface area contributed by atoms with Gasteiger partial charge in [-0.2, -0.15) is 0 Å². The molecule has 0 atom stereocenters. The standard InChI is InChI=1S/C16H17FN2O2S/c1-19-9-11-7-10(16(18)20)3-5-14(11)21-12-4-6-15(22-2)13(17)8-12/h3-8,19H,9H2,1-2H3,(H2,18,20). The number of hydrogen-bond donors (Lipinski definition) is 2. The van der Waals surface area contributed by atoms with Crippen LogP contribution in [-0.4, -0.2) is 19.2 Å². The maximum Gasteiger partial charge on any atom is 0.248 e. The van der Waals surface area contributed by atoms with Crippen molar-refractivity contribution in [2.75, 3.05) is 13.3 Å². The van der Waals surface area contributed by atoms with Crippen LogP contribution in [0.4, 0.5) is 4.39 Å². The Kier molecular flexibility index (Phi) is 5.41. The fourth-order valence-corrected chi connectivity index (χ4v) is 2.46. The zero-order chi connectivity index (χ0) is 16.1. The van der Waals surface area contributed by atoms with Gasteiger partial charge >= 0.3 is 0 Å². The molecule has 2 rings (SSSR count). The average molecular weight is 320 g/mol. The van der Waals surface area contributed by atoms with Gasteiger partial charge in [-0.05, 0) is 43.6 Å². The van der Waals surface area contributed by atoms with Crippen LogP contribution < -0.4 is 15.8 Å². The van der Waals surface area contributed by atoms with Crippen LogP contribution in [0, 0.1) is 5.82 Å². The van der Waals surface area contributed by atoms with E-state index in [1.807, 2.05) is 6.26 Å². The molecule has 0 fully saturated rings. The average Bonchev–Trinajstić information content (AvgIpc) is 2.49. The van der Waals surface area contributed by atoms with Crippen LogP contribution in [0.25, 0.3) is 0 Å². The molecule has 22 heavy (non-hydrogen) atoms. The number of benzene rings is 2. The molecule has 0 radical (unpaired) electrons. The van der Waals surface area contributed by atoms with Crippen LogP contribution in [0.2, 0.25) is 0 Å². The quantitative estimate of drug-likeness (QED) is 0.803. The SMILES string of the molecule is CNCc1cc(C(N)=O)ccc1Oc1ccc(SC)c(F)c1. The summed E-state index contributed by atoms with van der Waals surface area (Å²) in [5.41, 5.74) is 6.46. The molecule has 116 valence electrons. The highest BCUT2D eigenvalue weighted by atomic mass is 32.2. The molecule has 0 saturated carbocycles. The molecule has 0 unspecified atom stereocenters. The van der Waals surface area contributed by atoms with E-state index in [0.29, 0.717) is 28.5 Å². The Morgan fingerprint density at radius 3 is 2.68 bits per heavy atom. The van der Waals surface area contributed by atoms with Gasteiger partial charge in [0, 0.05) is 28.6 Å². The molecule has 2 aromatic carbocycles. The summed E-state index contributed by atoms with van der Waals surface area (Å²) >= 11 is 1.33. The van der Waals surface area contributed by atoms with Crippen molar-refractivity contribution < 1.29 is 13.9 Å². The first-order valence-corrected chi connectivity index (χ1v) is 7.86. The molecule has 0 aliphatic heterocycles. The van der Waals surface area contributed by atoms with Crippen molar-refractivity contribution in [1.29, 1.82) is 0 Å². The fraction of sp³-hybridized carbons (Fsp3) is 0.188. The fourth-order valence-electron chi connectivity index (χ4n) is 2.00. The molecule has 0 heterocycles. The third kappa shape index (κ3) is 3.78. The predicted molar refractivity (Wildman–Crippen MR) is 86.0 cm³/mol. The maximum absolute atomic E-state index is 13.8. The number of nitrogens with one attached hydrogen (secondary N) is 1. The summed E-state index contributed by atoms with van der Waals surface area (Å²) in [5.74, 6) is 0.128. The minimum atomic E-state index is -0.501. The normalized spacial score (nSPS) is 10.5. The van der Waals surface area contributed by atoms with Gasteiger partial charge < -0.3 is 15.8 Å². The van der Waals surface area contributed by atoms with Gasteiger partial charge in [0.2, 0.25) is 5.91 Å². The number of thioether (sulfide) groups is 1. The molecule has 0 saturated heterocycles. The third-order valence-corrected chi connectivity index (χ3v) is 3.83. The summed E-state index contributed by atoms with van der Waals surface area (Å²) < 4.78 is 19.5. The van der Waals surface area contributed by atoms with E-state index < -0.39 is 5.91 Å². The van der Waals surface area contributed by atoms with Gasteiger partial charge in [-0.1, -0.05) is 0 Å². The number of primary amides is 1. The van der Waals surface area contributed by atoms with Gasteiger partial charge in [0.1, 0.15) is 17.3 Å². The van der Waals surface area contributed by atoms with Crippen LogP contribution in [0.15, 0.2) is 41.3 Å². The molecule has 0 aliphatic rings. The Balaban J connectivity index is 2.31. The number of rotatable bonds is 6. The van der Waals surface area contributed by atoms with E-state index in [1.54, 1.807) is 37.4 Å². The second-order valence-electron chi connectivity index (χ2n) is 4.62. The number of carbonyl (C=O) groups excluding carboxylic acids is 1. The zero-order valence-electron chi connectivity index (χ0n) is 12.4. The Morgan fingerprint density at radius 1 is 1.32 bits per heavy atom. The molecule has 2 aromatic rings. The number of nitrogens with two attached hydrogens (primary N) is 1. The number of ether oxygens (including phenoxy) is 1. The van der Waals surface area contributed by atoms with E-state index in [0.717, 1.165) is 5.56 Å². The second-order valence-corrected chi connectivity index (χ2v) is 5.46. The highest BCUT2D eigenvalue weighted by Gasteiger charge is 2.10. The Morgan fingerprint density at radius 2 is 2.09 bits per heavy atom. The summed E-state index contributed by atoms with van der Waals surface area (Å²) in [5, 5.41) is 3.00. The summed E-state index contributed by atoms with van der Waals surface area (Å²) in [6.07, 6.45) is 1.81. The van der Waals surface area contributed by atoms with Crippen LogP contribution >= 0.6 is 11.8 Å². The summed E-state index contributed by atoms with van der Waals surface area (Å²) in [7, 11) is 1.79. The van der Waals surface area contributed by atoms with E-state index in [4.69, 9.17) is 10.5 Å². The van der Waals surface area contributed by atoms with Gasteiger partial charge in [-0.25, -0.2) is 4.39 Å². The van der Waals surface area contributed by atoms with Gasteiger partial charge in [0.05, 0.1) is 0 Å². The minimum Gasteiger partial charge on any atom is -0.457 e. The summed E-state index contributed by atoms with van der Waals surface area (Å²) in [6.45, 7) is 0.502. The molecule has 3 N–H and O–H groups in total. The number of halogens is 1. The van der Waals surface area contributed by atoms with Crippen molar-refractivity contribution in [2.24, 2.45) is 5.73 Å². The van der Waals surface area contributed by atoms with Crippen molar-refractivity contribution in [3.63, 3.8) is 0 Å². The smallest absolute Gasteiger partial charge is 0.248 e. The second kappa shape index (κ2) is 7.29. The molecule has 6 heteroatoms. The van der Waals surface area contributed by atoms with Crippen molar-refractivity contribution in [1.82, 2.24) is 5.32 Å². The first-order chi connectivity index (χ1) is 10.5. The molecule has 0 aliphatic carbocycles. The Hall–Kier alpha value is -2.05. The molecule has 1 amide bonds. The number of hydrogen-bond acceptors (Lipinski definition) is 4. The van der Waals surface area contributed by atoms with Crippen molar-refractivity contribution in [3.8, 4) is 11.5 Å². The maximum atomic E-state index is 13.8. The lowest BCUT2D eigenvalue weighted by molar-refractivity contribution is 0.1000. The molecule has 0 aromatic heterocycles. The van der Waals surface area contributed by atoms with Gasteiger partial charge in [-0.3, -0.25) is 4.79 Å². The lowest BCUT2D eigenvalue weighted by Gasteiger charge is -2.12. The number of amides is 1. The van der Waals surface area contributed by atoms with Crippen LogP contribution in [0.1, 0.15) is 15.9 Å². The van der Waals surface area contributed by atoms with Gasteiger partial charge in [0.15, 0.2) is 0 Å². The lowest BCUT2D eigenvalue weighted by atomic mass is 10.1. The van der Waals surface area contributed by atoms with Crippen molar-refractivity contribution in [2.45, 2.75) is 11.4 Å². The van der Waals surface area contributed by atoms with Crippen molar-refractivity contribution in [3.05, 3.63) is 53.3 Å². The predicted octanol–water partition coefficient (Wildman–Crippen LogP) is 3.16. The zero-order valence-corrected chi connectivity index (χ0v) is 13.2. The Labute approximate surface area is 132 Å². The van der Waals surface area contributed by atoms with Crippen LogP contribution in [0.5, 0.6) is 11.5 Å². The number of carbonyl (C=O) groups is 1. The molecule has 0 spiro atoms. The van der Waals surface area contributed by atoms with Crippen LogP contribution in [0.3, 0.4) is 0 Å². The lowest BCUT2D eigenvalue weighted by Crippen LogP contribution is -2.13. The minimum absolute atomic E-state index is 0.325. The first-order valence-electron chi connectivity index (χ1n) is 6.64. The molecule has 0 bridgehead atoms. The highest BCUT2D eigenvalue weighted by molar-refractivity contribution is 7.98. The monoisotopic (exact) mass is 320 g/mol. The first kappa shape index (κ1) is 16.3.